The first-order valence-electron chi connectivity index (χ1n) is 1.68. The van der Waals surface area contributed by atoms with Crippen molar-refractivity contribution in [1.29, 1.82) is 0 Å². The molecule has 1 aliphatic rings. The fourth-order valence-electron chi connectivity index (χ4n) is 0.271. The van der Waals surface area contributed by atoms with Crippen LogP contribution >= 0.6 is 0 Å². The van der Waals surface area contributed by atoms with E-state index >= 15 is 0 Å². The van der Waals surface area contributed by atoms with Gasteiger partial charge in [-0.15, -0.1) is 0 Å². The molecule has 0 spiro atoms. The van der Waals surface area contributed by atoms with Crippen molar-refractivity contribution in [3.63, 3.8) is 0 Å². The molecule has 0 bridgehead atoms. The van der Waals surface area contributed by atoms with Gasteiger partial charge in [0, 0.05) is 6.92 Å². The number of ether oxygens (including phenoxy) is 2. The standard InChI is InChI=1S/C4H5O2/c1-4-5-2-3-6-4/h2-4H,1H2. The summed E-state index contributed by atoms with van der Waals surface area (Å²) in [5.74, 6) is 0. The van der Waals surface area contributed by atoms with E-state index in [1.54, 1.807) is 0 Å². The SMILES string of the molecule is [CH2]C1OC=CO1. The minimum atomic E-state index is -0.315. The van der Waals surface area contributed by atoms with Gasteiger partial charge in [0.1, 0.15) is 12.5 Å². The zero-order valence-electron chi connectivity index (χ0n) is 3.26. The Hall–Kier alpha value is -0.660. The molecule has 1 radical (unpaired) electrons. The highest BCUT2D eigenvalue weighted by molar-refractivity contribution is 4.71. The monoisotopic (exact) mass is 85.0 g/mol. The Morgan fingerprint density at radius 3 is 2.00 bits per heavy atom. The van der Waals surface area contributed by atoms with Gasteiger partial charge in [0.2, 0.25) is 6.29 Å². The first-order chi connectivity index (χ1) is 2.89. The van der Waals surface area contributed by atoms with Crippen molar-refractivity contribution in [1.82, 2.24) is 0 Å². The highest BCUT2D eigenvalue weighted by Gasteiger charge is 2.00. The van der Waals surface area contributed by atoms with Crippen molar-refractivity contribution < 1.29 is 9.47 Å². The summed E-state index contributed by atoms with van der Waals surface area (Å²) in [6.07, 6.45) is 2.62. The van der Waals surface area contributed by atoms with Crippen molar-refractivity contribution in [2.75, 3.05) is 0 Å². The molecule has 0 amide bonds. The first kappa shape index (κ1) is 3.53. The maximum absolute atomic E-state index is 4.64. The Bertz CT molecular complexity index is 59.9. The van der Waals surface area contributed by atoms with Gasteiger partial charge in [0.25, 0.3) is 0 Å². The predicted octanol–water partition coefficient (Wildman–Crippen LogP) is 0.665. The summed E-state index contributed by atoms with van der Waals surface area (Å²) in [4.78, 5) is 0. The molecule has 1 rings (SSSR count). The molecular formula is C4H5O2. The van der Waals surface area contributed by atoms with Crippen LogP contribution in [0.5, 0.6) is 0 Å². The molecule has 0 N–H and O–H groups in total. The van der Waals surface area contributed by atoms with E-state index in [0.29, 0.717) is 0 Å². The van der Waals surface area contributed by atoms with Crippen molar-refractivity contribution in [3.05, 3.63) is 19.4 Å². The molecule has 2 heteroatoms. The zero-order chi connectivity index (χ0) is 4.41. The van der Waals surface area contributed by atoms with Gasteiger partial charge in [-0.05, 0) is 0 Å². The van der Waals surface area contributed by atoms with Gasteiger partial charge >= 0.3 is 0 Å². The zero-order valence-corrected chi connectivity index (χ0v) is 3.26. The van der Waals surface area contributed by atoms with Crippen molar-refractivity contribution in [2.45, 2.75) is 6.29 Å². The smallest absolute Gasteiger partial charge is 0.239 e. The average molecular weight is 85.1 g/mol. The lowest BCUT2D eigenvalue weighted by molar-refractivity contribution is 0.0166. The Balaban J connectivity index is 2.32. The molecule has 1 heterocycles. The van der Waals surface area contributed by atoms with E-state index < -0.39 is 0 Å². The van der Waals surface area contributed by atoms with E-state index in [1.165, 1.54) is 12.5 Å². The van der Waals surface area contributed by atoms with Crippen LogP contribution in [-0.4, -0.2) is 6.29 Å². The van der Waals surface area contributed by atoms with Crippen LogP contribution in [0.3, 0.4) is 0 Å². The fraction of sp³-hybridized carbons (Fsp3) is 0.250. The van der Waals surface area contributed by atoms with Gasteiger partial charge in [-0.25, -0.2) is 0 Å². The molecule has 0 aromatic rings. The third-order valence-corrected chi connectivity index (χ3v) is 0.516. The van der Waals surface area contributed by atoms with Gasteiger partial charge in [0.05, 0.1) is 0 Å². The molecule has 0 saturated heterocycles. The Labute approximate surface area is 36.4 Å². The predicted molar refractivity (Wildman–Crippen MR) is 20.5 cm³/mol. The van der Waals surface area contributed by atoms with Gasteiger partial charge in [-0.1, -0.05) is 0 Å². The molecule has 0 aliphatic carbocycles. The molecule has 2 nitrogen and oxygen atoms in total. The topological polar surface area (TPSA) is 18.5 Å². The van der Waals surface area contributed by atoms with Crippen LogP contribution in [0.25, 0.3) is 0 Å². The van der Waals surface area contributed by atoms with Crippen LogP contribution in [0.15, 0.2) is 12.5 Å². The largest absolute Gasteiger partial charge is 0.459 e. The third-order valence-electron chi connectivity index (χ3n) is 0.516. The number of hydrogen-bond acceptors (Lipinski definition) is 2. The van der Waals surface area contributed by atoms with E-state index in [-0.39, 0.29) is 6.29 Å². The summed E-state index contributed by atoms with van der Waals surface area (Å²) >= 11 is 0. The highest BCUT2D eigenvalue weighted by Crippen LogP contribution is 2.00. The quantitative estimate of drug-likeness (QED) is 0.430. The van der Waals surface area contributed by atoms with E-state index in [1.807, 2.05) is 0 Å². The van der Waals surface area contributed by atoms with Gasteiger partial charge in [0.15, 0.2) is 0 Å². The molecule has 1 aliphatic heterocycles. The lowest BCUT2D eigenvalue weighted by Gasteiger charge is -1.98. The summed E-state index contributed by atoms with van der Waals surface area (Å²) in [6.45, 7) is 3.43. The van der Waals surface area contributed by atoms with E-state index in [2.05, 4.69) is 16.4 Å². The minimum absolute atomic E-state index is 0.315. The second-order valence-corrected chi connectivity index (χ2v) is 0.974. The van der Waals surface area contributed by atoms with Crippen LogP contribution in [0.1, 0.15) is 0 Å². The van der Waals surface area contributed by atoms with Crippen molar-refractivity contribution in [2.24, 2.45) is 0 Å². The second-order valence-electron chi connectivity index (χ2n) is 0.974. The second kappa shape index (κ2) is 1.20. The summed E-state index contributed by atoms with van der Waals surface area (Å²) < 4.78 is 9.28. The molecule has 33 valence electrons. The maximum atomic E-state index is 4.64. The van der Waals surface area contributed by atoms with Crippen LogP contribution < -0.4 is 0 Å². The third kappa shape index (κ3) is 0.455. The number of hydrogen-bond donors (Lipinski definition) is 0. The molecule has 0 saturated carbocycles. The normalized spacial score (nSPS) is 20.2. The van der Waals surface area contributed by atoms with Crippen LogP contribution in [0, 0.1) is 6.92 Å². The lowest BCUT2D eigenvalue weighted by Crippen LogP contribution is -1.98. The summed E-state index contributed by atoms with van der Waals surface area (Å²) in [5, 5.41) is 0. The van der Waals surface area contributed by atoms with Crippen molar-refractivity contribution in [3.8, 4) is 0 Å². The molecule has 0 unspecified atom stereocenters. The van der Waals surface area contributed by atoms with Gasteiger partial charge in [-0.2, -0.15) is 0 Å². The van der Waals surface area contributed by atoms with Gasteiger partial charge < -0.3 is 9.47 Å². The van der Waals surface area contributed by atoms with Crippen molar-refractivity contribution >= 4 is 0 Å². The molecule has 0 atom stereocenters. The summed E-state index contributed by atoms with van der Waals surface area (Å²) in [7, 11) is 0. The van der Waals surface area contributed by atoms with Crippen LogP contribution in [-0.2, 0) is 9.47 Å². The Kier molecular flexibility index (Phi) is 0.708. The van der Waals surface area contributed by atoms with Crippen LogP contribution in [0.4, 0.5) is 0 Å². The molecule has 6 heavy (non-hydrogen) atoms. The molecular weight excluding hydrogens is 80.0 g/mol. The van der Waals surface area contributed by atoms with E-state index in [0.717, 1.165) is 0 Å². The molecule has 0 fully saturated rings. The summed E-state index contributed by atoms with van der Waals surface area (Å²) in [5.41, 5.74) is 0. The first-order valence-corrected chi connectivity index (χ1v) is 1.68. The number of rotatable bonds is 0. The lowest BCUT2D eigenvalue weighted by atomic mass is 10.8. The van der Waals surface area contributed by atoms with Gasteiger partial charge in [-0.3, -0.25) is 0 Å². The minimum Gasteiger partial charge on any atom is -0.459 e. The van der Waals surface area contributed by atoms with E-state index in [4.69, 9.17) is 0 Å². The average Bonchev–Trinajstić information content (AvgIpc) is 1.86. The molecule has 0 aromatic carbocycles. The fourth-order valence-corrected chi connectivity index (χ4v) is 0.271. The maximum Gasteiger partial charge on any atom is 0.239 e. The molecule has 0 aromatic heterocycles. The Morgan fingerprint density at radius 2 is 1.83 bits per heavy atom. The highest BCUT2D eigenvalue weighted by atomic mass is 16.7. The summed E-state index contributed by atoms with van der Waals surface area (Å²) in [6, 6.07) is 0. The van der Waals surface area contributed by atoms with E-state index in [9.17, 15) is 0 Å². The Morgan fingerprint density at radius 1 is 1.33 bits per heavy atom. The van der Waals surface area contributed by atoms with Crippen LogP contribution in [0.2, 0.25) is 0 Å².